The van der Waals surface area contributed by atoms with Crippen molar-refractivity contribution in [2.24, 2.45) is 17.6 Å². The number of hydrogen-bond donors (Lipinski definition) is 5. The third-order valence-electron chi connectivity index (χ3n) is 7.91. The van der Waals surface area contributed by atoms with Gasteiger partial charge in [0.2, 0.25) is 5.78 Å². The number of aromatic hydroxyl groups is 1. The van der Waals surface area contributed by atoms with Crippen molar-refractivity contribution in [3.63, 3.8) is 0 Å². The van der Waals surface area contributed by atoms with Crippen LogP contribution in [0.4, 0.5) is 0 Å². The van der Waals surface area contributed by atoms with Gasteiger partial charge in [-0.2, -0.15) is 0 Å². The van der Waals surface area contributed by atoms with Gasteiger partial charge < -0.3 is 30.7 Å². The molecule has 1 fully saturated rings. The van der Waals surface area contributed by atoms with Crippen molar-refractivity contribution in [3.8, 4) is 16.9 Å². The fraction of sp³-hybridized carbons (Fsp3) is 0.385. The minimum atomic E-state index is -2.67. The number of primary amides is 1. The van der Waals surface area contributed by atoms with Crippen LogP contribution in [0.2, 0.25) is 0 Å². The molecule has 11 nitrogen and oxygen atoms in total. The summed E-state index contributed by atoms with van der Waals surface area (Å²) in [5.74, 6) is -6.30. The summed E-state index contributed by atoms with van der Waals surface area (Å²) in [6.45, 7) is 3.50. The van der Waals surface area contributed by atoms with E-state index in [9.17, 15) is 34.8 Å². The number of phenols is 1. The first-order valence-corrected chi connectivity index (χ1v) is 12.1. The normalized spacial score (nSPS) is 26.1. The number of phenolic OH excluding ortho intramolecular Hbond substituents is 1. The molecule has 4 atom stereocenters. The van der Waals surface area contributed by atoms with Gasteiger partial charge in [-0.3, -0.25) is 19.3 Å². The molecule has 0 spiro atoms. The Balaban J connectivity index is 0.00000172. The number of nitrogens with two attached hydrogens (primary N) is 1. The summed E-state index contributed by atoms with van der Waals surface area (Å²) < 4.78 is 5.31. The highest BCUT2D eigenvalue weighted by Crippen LogP contribution is 2.53. The number of likely N-dealkylation sites (N-methyl/N-ethyl adjacent to an activating group) is 1. The van der Waals surface area contributed by atoms with E-state index in [0.29, 0.717) is 28.1 Å². The van der Waals surface area contributed by atoms with Gasteiger partial charge in [-0.05, 0) is 63.9 Å². The van der Waals surface area contributed by atoms with Gasteiger partial charge in [0.05, 0.1) is 17.3 Å². The zero-order chi connectivity index (χ0) is 29.1. The average molecular weight is 531 g/mol. The average Bonchev–Trinajstić information content (AvgIpc) is 3.20. The lowest BCUT2D eigenvalue weighted by Crippen LogP contribution is -2.65. The lowest BCUT2D eigenvalue weighted by molar-refractivity contribution is -0.153. The van der Waals surface area contributed by atoms with Gasteiger partial charge in [0, 0.05) is 32.5 Å². The number of aliphatic hydroxyl groups is 3. The van der Waals surface area contributed by atoms with Crippen LogP contribution in [0.3, 0.4) is 0 Å². The molecule has 0 unspecified atom stereocenters. The van der Waals surface area contributed by atoms with E-state index in [4.69, 9.17) is 10.3 Å². The number of benzene rings is 1. The lowest BCUT2D eigenvalue weighted by atomic mass is 9.57. The van der Waals surface area contributed by atoms with Crippen molar-refractivity contribution < 1.29 is 39.3 Å². The molecule has 0 saturated heterocycles. The highest BCUT2D eigenvalue weighted by molar-refractivity contribution is 6.75. The number of aliphatic hydroxyl groups excluding tert-OH is 2. The predicted molar refractivity (Wildman–Crippen MR) is 141 cm³/mol. The van der Waals surface area contributed by atoms with Crippen LogP contribution >= 0.6 is 0 Å². The van der Waals surface area contributed by atoms with Gasteiger partial charge in [0.1, 0.15) is 28.6 Å². The molecule has 1 amide bonds. The Morgan fingerprint density at radius 1 is 1.15 bits per heavy atom. The number of ketones is 2. The third-order valence-corrected chi connectivity index (χ3v) is 7.91. The van der Waals surface area contributed by atoms with E-state index in [1.807, 2.05) is 0 Å². The molecule has 2 aromatic rings. The van der Waals surface area contributed by atoms with Gasteiger partial charge in [-0.15, -0.1) is 0 Å². The summed E-state index contributed by atoms with van der Waals surface area (Å²) in [5, 5.41) is 48.6. The van der Waals surface area contributed by atoms with Crippen molar-refractivity contribution in [1.82, 2.24) is 10.1 Å². The molecule has 200 valence electrons. The van der Waals surface area contributed by atoms with E-state index < -0.39 is 58.0 Å². The number of aryl methyl sites for hydroxylation is 2. The van der Waals surface area contributed by atoms with Gasteiger partial charge in [-0.25, -0.2) is 0 Å². The number of carbonyl (C=O) groups is 3. The number of Topliss-reactive ketones (excluding diaryl/α,β-unsaturated/α-hetero) is 2. The fourth-order valence-corrected chi connectivity index (χ4v) is 6.35. The molecular formula is C26H27B2N3O8. The van der Waals surface area contributed by atoms with E-state index in [1.165, 1.54) is 11.0 Å². The first-order valence-electron chi connectivity index (χ1n) is 12.1. The third kappa shape index (κ3) is 3.82. The molecule has 1 aromatic carbocycles. The molecule has 0 bridgehead atoms. The smallest absolute Gasteiger partial charge is 0.255 e. The standard InChI is InChI=1S/C26H27N3O8.B2/c1-9-16(10(2)37-28-9)12-5-6-15(30)18-13(12)7-11-8-14-20(29(3)4)22(32)19(25(27)35)24(34)26(14,36)23(33)17(11)21(18)31;1-2/h5-6,11,14,20,30-31,34,36H,7-8H2,1-4H3,(H2,27,35);/t11-,14-,20-,26-;/m0./s1. The van der Waals surface area contributed by atoms with Crippen molar-refractivity contribution in [1.29, 1.82) is 0 Å². The molecule has 0 aliphatic heterocycles. The van der Waals surface area contributed by atoms with Crippen LogP contribution in [0.5, 0.6) is 5.75 Å². The number of amides is 1. The van der Waals surface area contributed by atoms with Crippen LogP contribution in [-0.2, 0) is 20.8 Å². The minimum Gasteiger partial charge on any atom is -0.508 e. The van der Waals surface area contributed by atoms with Crippen LogP contribution in [0.1, 0.15) is 29.0 Å². The summed E-state index contributed by atoms with van der Waals surface area (Å²) in [7, 11) is 11.1. The SMILES string of the molecule is Cc1noc(C)c1-c1ccc(O)c2c1C[C@H]1C[C@H]3[C@H](N(C)C)C(=O)C(C(N)=O)=C(O)[C@@]3(O)C(=O)C1=C2O.[B][B]. The summed E-state index contributed by atoms with van der Waals surface area (Å²) >= 11 is 0. The Morgan fingerprint density at radius 3 is 2.33 bits per heavy atom. The Labute approximate surface area is 226 Å². The Morgan fingerprint density at radius 2 is 1.79 bits per heavy atom. The van der Waals surface area contributed by atoms with E-state index in [-0.39, 0.29) is 29.7 Å². The van der Waals surface area contributed by atoms with Crippen LogP contribution in [-0.4, -0.2) is 89.2 Å². The molecule has 4 radical (unpaired) electrons. The Bertz CT molecular complexity index is 1460. The maximum atomic E-state index is 13.9. The van der Waals surface area contributed by atoms with E-state index in [2.05, 4.69) is 20.6 Å². The molecule has 5 rings (SSSR count). The van der Waals surface area contributed by atoms with Gasteiger partial charge >= 0.3 is 0 Å². The van der Waals surface area contributed by atoms with Gasteiger partial charge in [0.15, 0.2) is 11.4 Å². The molecular weight excluding hydrogens is 504 g/mol. The molecule has 1 heterocycles. The van der Waals surface area contributed by atoms with Crippen molar-refractivity contribution in [2.75, 3.05) is 14.1 Å². The summed E-state index contributed by atoms with van der Waals surface area (Å²) in [6.07, 6.45) is 0.199. The molecule has 1 saturated carbocycles. The number of rotatable bonds is 3. The monoisotopic (exact) mass is 531 g/mol. The topological polar surface area (TPSA) is 187 Å². The summed E-state index contributed by atoms with van der Waals surface area (Å²) in [6, 6.07) is 1.93. The highest BCUT2D eigenvalue weighted by Gasteiger charge is 2.64. The number of hydrogen-bond acceptors (Lipinski definition) is 10. The number of nitrogens with zero attached hydrogens (tertiary/aromatic N) is 2. The first-order chi connectivity index (χ1) is 18.3. The van der Waals surface area contributed by atoms with E-state index in [1.54, 1.807) is 34.0 Å². The zero-order valence-corrected chi connectivity index (χ0v) is 21.8. The van der Waals surface area contributed by atoms with Gasteiger partial charge in [0.25, 0.3) is 5.91 Å². The van der Waals surface area contributed by atoms with Crippen molar-refractivity contribution in [2.45, 2.75) is 38.3 Å². The van der Waals surface area contributed by atoms with E-state index in [0.717, 1.165) is 0 Å². The zero-order valence-electron chi connectivity index (χ0n) is 21.8. The second kappa shape index (κ2) is 9.73. The maximum Gasteiger partial charge on any atom is 0.255 e. The van der Waals surface area contributed by atoms with Crippen LogP contribution in [0.15, 0.2) is 33.6 Å². The van der Waals surface area contributed by atoms with Crippen LogP contribution in [0.25, 0.3) is 16.9 Å². The number of aromatic nitrogens is 1. The first kappa shape index (κ1) is 28.2. The second-order valence-corrected chi connectivity index (χ2v) is 10.1. The minimum absolute atomic E-state index is 0.0163. The molecule has 3 aliphatic rings. The highest BCUT2D eigenvalue weighted by atomic mass is 16.5. The molecule has 3 aliphatic carbocycles. The van der Waals surface area contributed by atoms with Gasteiger partial charge in [-0.1, -0.05) is 11.2 Å². The lowest BCUT2D eigenvalue weighted by Gasteiger charge is -2.50. The maximum absolute atomic E-state index is 13.9. The largest absolute Gasteiger partial charge is 0.508 e. The molecule has 39 heavy (non-hydrogen) atoms. The van der Waals surface area contributed by atoms with Crippen molar-refractivity contribution in [3.05, 3.63) is 51.6 Å². The van der Waals surface area contributed by atoms with Crippen molar-refractivity contribution >= 4 is 38.7 Å². The Hall–Kier alpha value is -3.83. The number of fused-ring (bicyclic) bond motifs is 3. The molecule has 13 heteroatoms. The fourth-order valence-electron chi connectivity index (χ4n) is 6.35. The molecule has 6 N–H and O–H groups in total. The second-order valence-electron chi connectivity index (χ2n) is 10.1. The van der Waals surface area contributed by atoms with Crippen LogP contribution in [0, 0.1) is 25.7 Å². The summed E-state index contributed by atoms with van der Waals surface area (Å²) in [4.78, 5) is 40.6. The summed E-state index contributed by atoms with van der Waals surface area (Å²) in [5.41, 5.74) is 4.17. The molecule has 1 aromatic heterocycles. The quantitative estimate of drug-likeness (QED) is 0.275. The number of carbonyl (C=O) groups excluding carboxylic acids is 3. The predicted octanol–water partition coefficient (Wildman–Crippen LogP) is 0.474. The van der Waals surface area contributed by atoms with E-state index >= 15 is 0 Å². The Kier molecular flexibility index (Phi) is 7.03. The van der Waals surface area contributed by atoms with Crippen LogP contribution < -0.4 is 5.73 Å².